The molecule has 0 radical (unpaired) electrons. The fraction of sp³-hybridized carbons (Fsp3) is 0.357. The summed E-state index contributed by atoms with van der Waals surface area (Å²) in [4.78, 5) is 2.51. The Kier molecular flexibility index (Phi) is 9.19. The van der Waals surface area contributed by atoms with E-state index < -0.39 is 0 Å². The summed E-state index contributed by atoms with van der Waals surface area (Å²) in [5.74, 6) is 0.455. The van der Waals surface area contributed by atoms with E-state index in [1.165, 1.54) is 19.2 Å². The van der Waals surface area contributed by atoms with E-state index in [2.05, 4.69) is 86.4 Å². The van der Waals surface area contributed by atoms with Gasteiger partial charge in [-0.15, -0.1) is 23.5 Å². The number of rotatable bonds is 6. The minimum atomic E-state index is 0.227. The Bertz CT molecular complexity index is 1190. The number of aryl methyl sites for hydroxylation is 2. The van der Waals surface area contributed by atoms with E-state index in [9.17, 15) is 10.2 Å². The van der Waals surface area contributed by atoms with Gasteiger partial charge in [0.1, 0.15) is 0 Å². The smallest absolute Gasteiger partial charge is 0.212 e. The average Bonchev–Trinajstić information content (AvgIpc) is 3.24. The highest BCUT2D eigenvalue weighted by Crippen LogP contribution is 2.32. The number of nitrogens with zero attached hydrogens (tertiary/aromatic N) is 4. The second-order valence-electron chi connectivity index (χ2n) is 9.22. The first-order chi connectivity index (χ1) is 17.0. The predicted molar refractivity (Wildman–Crippen MR) is 152 cm³/mol. The van der Waals surface area contributed by atoms with E-state index in [1.807, 2.05) is 37.4 Å². The second kappa shape index (κ2) is 11.9. The van der Waals surface area contributed by atoms with Gasteiger partial charge in [0.2, 0.25) is 11.8 Å². The van der Waals surface area contributed by atoms with Gasteiger partial charge >= 0.3 is 0 Å². The highest BCUT2D eigenvalue weighted by Gasteiger charge is 2.14. The highest BCUT2D eigenvalue weighted by atomic mass is 32.2. The Morgan fingerprint density at radius 3 is 1.14 bits per heavy atom. The van der Waals surface area contributed by atoms with Crippen LogP contribution < -0.4 is 0 Å². The van der Waals surface area contributed by atoms with Crippen LogP contribution >= 0.6 is 23.5 Å². The molecule has 0 bridgehead atoms. The third-order valence-corrected chi connectivity index (χ3v) is 7.52. The molecule has 192 valence electrons. The maximum absolute atomic E-state index is 9.76. The summed E-state index contributed by atoms with van der Waals surface area (Å²) in [6, 6.07) is 16.6. The zero-order valence-electron chi connectivity index (χ0n) is 22.3. The second-order valence-corrected chi connectivity index (χ2v) is 12.5. The molecule has 0 aliphatic rings. The third kappa shape index (κ3) is 6.68. The summed E-state index contributed by atoms with van der Waals surface area (Å²) >= 11 is 3.68. The minimum Gasteiger partial charge on any atom is -0.493 e. The molecule has 2 N–H and O–H groups in total. The van der Waals surface area contributed by atoms with Crippen molar-refractivity contribution in [3.8, 4) is 34.3 Å². The molecule has 36 heavy (non-hydrogen) atoms. The monoisotopic (exact) mass is 524 g/mol. The van der Waals surface area contributed by atoms with Crippen LogP contribution in [0.2, 0.25) is 0 Å². The third-order valence-electron chi connectivity index (χ3n) is 5.49. The molecule has 2 aromatic carbocycles. The molecule has 0 aliphatic carbocycles. The highest BCUT2D eigenvalue weighted by molar-refractivity contribution is 8.00. The fourth-order valence-electron chi connectivity index (χ4n) is 3.72. The summed E-state index contributed by atoms with van der Waals surface area (Å²) in [7, 11) is 3.49. The molecule has 4 aromatic rings. The predicted octanol–water partition coefficient (Wildman–Crippen LogP) is 7.20. The molecular weight excluding hydrogens is 488 g/mol. The molecule has 8 heteroatoms. The molecule has 0 aliphatic heterocycles. The number of aromatic nitrogens is 4. The normalized spacial score (nSPS) is 11.2. The summed E-state index contributed by atoms with van der Waals surface area (Å²) in [5, 5.41) is 29.3. The molecule has 2 heterocycles. The zero-order chi connectivity index (χ0) is 26.6. The lowest BCUT2D eigenvalue weighted by atomic mass is 10.1. The molecule has 0 fully saturated rings. The van der Waals surface area contributed by atoms with Crippen LogP contribution in [0.4, 0.5) is 0 Å². The Balaban J connectivity index is 0.000000201. The van der Waals surface area contributed by atoms with Gasteiger partial charge in [0.05, 0.1) is 11.4 Å². The van der Waals surface area contributed by atoms with Crippen LogP contribution in [0, 0.1) is 13.8 Å². The maximum Gasteiger partial charge on any atom is 0.212 e. The largest absolute Gasteiger partial charge is 0.493 e. The SMILES string of the molecule is Cc1c(-c2ccc(SC(C)C)cc2)nn(C)c1O.Cc1c(-c2ccc(SC(C)C)cc2)nn(C)c1O. The van der Waals surface area contributed by atoms with Gasteiger partial charge in [-0.25, -0.2) is 9.36 Å². The Labute approximate surface area is 222 Å². The molecule has 0 unspecified atom stereocenters. The quantitative estimate of drug-likeness (QED) is 0.260. The molecular formula is C28H36N4O2S2. The van der Waals surface area contributed by atoms with Gasteiger partial charge in [0, 0.05) is 56.6 Å². The van der Waals surface area contributed by atoms with Gasteiger partial charge in [-0.05, 0) is 38.1 Å². The molecule has 4 rings (SSSR count). The van der Waals surface area contributed by atoms with Crippen molar-refractivity contribution in [3.05, 3.63) is 59.7 Å². The molecule has 6 nitrogen and oxygen atoms in total. The van der Waals surface area contributed by atoms with Crippen LogP contribution in [0.1, 0.15) is 38.8 Å². The molecule has 0 saturated heterocycles. The number of thioether (sulfide) groups is 2. The lowest BCUT2D eigenvalue weighted by Gasteiger charge is -2.05. The number of benzene rings is 2. The van der Waals surface area contributed by atoms with Crippen molar-refractivity contribution in [1.29, 1.82) is 0 Å². The van der Waals surface area contributed by atoms with E-state index >= 15 is 0 Å². The summed E-state index contributed by atoms with van der Waals surface area (Å²) in [6.45, 7) is 12.5. The summed E-state index contributed by atoms with van der Waals surface area (Å²) in [6.07, 6.45) is 0. The standard InChI is InChI=1S/2C14H18N2OS/c2*1-9(2)18-12-7-5-11(6-8-12)13-10(3)14(17)16(4)15-13/h2*5-9,17H,1-4H3. The Morgan fingerprint density at radius 1 is 0.611 bits per heavy atom. The van der Waals surface area contributed by atoms with E-state index in [-0.39, 0.29) is 11.8 Å². The van der Waals surface area contributed by atoms with E-state index in [0.29, 0.717) is 10.5 Å². The van der Waals surface area contributed by atoms with Gasteiger partial charge in [-0.3, -0.25) is 0 Å². The fourth-order valence-corrected chi connectivity index (χ4v) is 5.39. The first-order valence-corrected chi connectivity index (χ1v) is 13.7. The van der Waals surface area contributed by atoms with Gasteiger partial charge in [-0.2, -0.15) is 10.2 Å². The van der Waals surface area contributed by atoms with Crippen LogP contribution in [0.3, 0.4) is 0 Å². The maximum atomic E-state index is 9.76. The van der Waals surface area contributed by atoms with Crippen LogP contribution in [-0.4, -0.2) is 40.3 Å². The molecule has 0 atom stereocenters. The molecule has 2 aromatic heterocycles. The van der Waals surface area contributed by atoms with Crippen LogP contribution in [0.5, 0.6) is 11.8 Å². The van der Waals surface area contributed by atoms with E-state index in [4.69, 9.17) is 0 Å². The summed E-state index contributed by atoms with van der Waals surface area (Å²) < 4.78 is 3.00. The Morgan fingerprint density at radius 2 is 0.917 bits per heavy atom. The Hall–Kier alpha value is -2.84. The van der Waals surface area contributed by atoms with Crippen molar-refractivity contribution >= 4 is 23.5 Å². The topological polar surface area (TPSA) is 76.1 Å². The first kappa shape index (κ1) is 27.7. The molecule has 0 amide bonds. The van der Waals surface area contributed by atoms with Crippen LogP contribution in [0.25, 0.3) is 22.5 Å². The lowest BCUT2D eigenvalue weighted by molar-refractivity contribution is 0.415. The number of aromatic hydroxyl groups is 2. The lowest BCUT2D eigenvalue weighted by Crippen LogP contribution is -1.89. The summed E-state index contributed by atoms with van der Waals surface area (Å²) in [5.41, 5.74) is 5.41. The van der Waals surface area contributed by atoms with Crippen molar-refractivity contribution in [1.82, 2.24) is 19.6 Å². The van der Waals surface area contributed by atoms with Crippen molar-refractivity contribution < 1.29 is 10.2 Å². The van der Waals surface area contributed by atoms with Crippen molar-refractivity contribution in [2.24, 2.45) is 14.1 Å². The van der Waals surface area contributed by atoms with Crippen molar-refractivity contribution in [2.45, 2.75) is 61.8 Å². The van der Waals surface area contributed by atoms with Crippen molar-refractivity contribution in [3.63, 3.8) is 0 Å². The zero-order valence-corrected chi connectivity index (χ0v) is 23.9. The van der Waals surface area contributed by atoms with Gasteiger partial charge in [0.25, 0.3) is 0 Å². The van der Waals surface area contributed by atoms with Gasteiger partial charge < -0.3 is 10.2 Å². The minimum absolute atomic E-state index is 0.227. The van der Waals surface area contributed by atoms with Gasteiger partial charge in [0.15, 0.2) is 0 Å². The van der Waals surface area contributed by atoms with Crippen LogP contribution in [-0.2, 0) is 14.1 Å². The van der Waals surface area contributed by atoms with Crippen LogP contribution in [0.15, 0.2) is 58.3 Å². The van der Waals surface area contributed by atoms with Crippen molar-refractivity contribution in [2.75, 3.05) is 0 Å². The number of hydrogen-bond donors (Lipinski definition) is 2. The van der Waals surface area contributed by atoms with E-state index in [1.54, 1.807) is 14.1 Å². The molecule has 0 saturated carbocycles. The molecule has 0 spiro atoms. The van der Waals surface area contributed by atoms with Gasteiger partial charge in [-0.1, -0.05) is 52.0 Å². The van der Waals surface area contributed by atoms with E-state index in [0.717, 1.165) is 33.6 Å². The first-order valence-electron chi connectivity index (χ1n) is 12.0. The average molecular weight is 525 g/mol. The number of hydrogen-bond acceptors (Lipinski definition) is 6.